The first-order valence-electron chi connectivity index (χ1n) is 6.13. The highest BCUT2D eigenvalue weighted by Gasteiger charge is 2.10. The van der Waals surface area contributed by atoms with Crippen LogP contribution in [0.2, 0.25) is 5.02 Å². The molecule has 2 aromatic carbocycles. The van der Waals surface area contributed by atoms with Crippen molar-refractivity contribution in [3.05, 3.63) is 75.6 Å². The third kappa shape index (κ3) is 2.80. The van der Waals surface area contributed by atoms with Crippen molar-refractivity contribution in [3.8, 4) is 5.75 Å². The molecular formula is C16H9ClO4. The zero-order valence-electron chi connectivity index (χ0n) is 10.7. The third-order valence-electron chi connectivity index (χ3n) is 2.92. The minimum atomic E-state index is -0.510. The van der Waals surface area contributed by atoms with Gasteiger partial charge in [0.1, 0.15) is 11.3 Å². The Labute approximate surface area is 124 Å². The van der Waals surface area contributed by atoms with Crippen LogP contribution in [0, 0.1) is 0 Å². The first-order chi connectivity index (χ1) is 10.1. The second kappa shape index (κ2) is 5.42. The average molecular weight is 301 g/mol. The van der Waals surface area contributed by atoms with Crippen LogP contribution in [-0.2, 0) is 0 Å². The highest BCUT2D eigenvalue weighted by atomic mass is 35.5. The number of carbonyl (C=O) groups excluding carboxylic acids is 1. The summed E-state index contributed by atoms with van der Waals surface area (Å²) in [6, 6.07) is 12.3. The van der Waals surface area contributed by atoms with Crippen LogP contribution in [0.15, 0.2) is 64.0 Å². The summed E-state index contributed by atoms with van der Waals surface area (Å²) in [5.41, 5.74) is 0.602. The molecule has 3 aromatic rings. The second-order valence-electron chi connectivity index (χ2n) is 4.34. The van der Waals surface area contributed by atoms with Crippen LogP contribution in [0.4, 0.5) is 0 Å². The number of halogens is 1. The smallest absolute Gasteiger partial charge is 0.343 e. The Morgan fingerprint density at radius 2 is 1.81 bits per heavy atom. The normalized spacial score (nSPS) is 10.5. The van der Waals surface area contributed by atoms with Gasteiger partial charge in [-0.3, -0.25) is 4.79 Å². The fourth-order valence-electron chi connectivity index (χ4n) is 1.88. The van der Waals surface area contributed by atoms with Gasteiger partial charge in [-0.2, -0.15) is 0 Å². The fraction of sp³-hybridized carbons (Fsp3) is 0. The van der Waals surface area contributed by atoms with Crippen LogP contribution in [0.5, 0.6) is 5.75 Å². The molecule has 4 nitrogen and oxygen atoms in total. The maximum absolute atomic E-state index is 12.0. The molecule has 0 unspecified atom stereocenters. The molecule has 0 fully saturated rings. The van der Waals surface area contributed by atoms with Crippen molar-refractivity contribution >= 4 is 28.5 Å². The molecule has 0 radical (unpaired) electrons. The average Bonchev–Trinajstić information content (AvgIpc) is 2.48. The molecular weight excluding hydrogens is 292 g/mol. The van der Waals surface area contributed by atoms with Gasteiger partial charge in [0.15, 0.2) is 5.43 Å². The summed E-state index contributed by atoms with van der Waals surface area (Å²) in [5, 5.41) is 0.975. The summed E-state index contributed by atoms with van der Waals surface area (Å²) in [6.45, 7) is 0. The van der Waals surface area contributed by atoms with E-state index in [4.69, 9.17) is 20.8 Å². The van der Waals surface area contributed by atoms with E-state index in [0.717, 1.165) is 0 Å². The van der Waals surface area contributed by atoms with Gasteiger partial charge in [-0.1, -0.05) is 11.6 Å². The fourth-order valence-corrected chi connectivity index (χ4v) is 2.00. The molecule has 1 aromatic heterocycles. The zero-order valence-corrected chi connectivity index (χ0v) is 11.5. The number of benzene rings is 2. The third-order valence-corrected chi connectivity index (χ3v) is 3.18. The number of carbonyl (C=O) groups is 1. The minimum absolute atomic E-state index is 0.146. The number of hydrogen-bond donors (Lipinski definition) is 0. The second-order valence-corrected chi connectivity index (χ2v) is 4.78. The van der Waals surface area contributed by atoms with E-state index in [1.165, 1.54) is 18.4 Å². The van der Waals surface area contributed by atoms with Crippen LogP contribution in [0.25, 0.3) is 11.0 Å². The van der Waals surface area contributed by atoms with Gasteiger partial charge in [-0.05, 0) is 36.4 Å². The van der Waals surface area contributed by atoms with Crippen LogP contribution in [0.1, 0.15) is 10.4 Å². The number of fused-ring (bicyclic) bond motifs is 1. The van der Waals surface area contributed by atoms with Gasteiger partial charge < -0.3 is 9.15 Å². The van der Waals surface area contributed by atoms with Crippen LogP contribution in [0.3, 0.4) is 0 Å². The molecule has 0 aliphatic heterocycles. The first-order valence-corrected chi connectivity index (χ1v) is 6.50. The van der Waals surface area contributed by atoms with Crippen molar-refractivity contribution in [2.75, 3.05) is 0 Å². The van der Waals surface area contributed by atoms with Gasteiger partial charge in [-0.25, -0.2) is 4.79 Å². The lowest BCUT2D eigenvalue weighted by atomic mass is 10.2. The largest absolute Gasteiger partial charge is 0.464 e. The first kappa shape index (κ1) is 13.4. The monoisotopic (exact) mass is 300 g/mol. The number of rotatable bonds is 2. The SMILES string of the molecule is O=C(Oc1ccc2c(=O)ccoc2c1)c1ccc(Cl)cc1. The summed E-state index contributed by atoms with van der Waals surface area (Å²) in [5.74, 6) is -0.207. The predicted octanol–water partition coefficient (Wildman–Crippen LogP) is 3.67. The van der Waals surface area contributed by atoms with Gasteiger partial charge in [-0.15, -0.1) is 0 Å². The molecule has 0 aliphatic rings. The van der Waals surface area contributed by atoms with Crippen LogP contribution < -0.4 is 10.2 Å². The molecule has 0 amide bonds. The molecule has 0 saturated carbocycles. The van der Waals surface area contributed by atoms with E-state index in [0.29, 0.717) is 27.3 Å². The maximum atomic E-state index is 12.0. The van der Waals surface area contributed by atoms with Gasteiger partial charge >= 0.3 is 5.97 Å². The highest BCUT2D eigenvalue weighted by Crippen LogP contribution is 2.20. The van der Waals surface area contributed by atoms with Crippen LogP contribution >= 0.6 is 11.6 Å². The number of hydrogen-bond acceptors (Lipinski definition) is 4. The van der Waals surface area contributed by atoms with E-state index in [2.05, 4.69) is 0 Å². The van der Waals surface area contributed by atoms with Crippen molar-refractivity contribution in [3.63, 3.8) is 0 Å². The molecule has 0 aliphatic carbocycles. The van der Waals surface area contributed by atoms with E-state index >= 15 is 0 Å². The molecule has 5 heteroatoms. The summed E-state index contributed by atoms with van der Waals surface area (Å²) in [7, 11) is 0. The Kier molecular flexibility index (Phi) is 3.46. The summed E-state index contributed by atoms with van der Waals surface area (Å²) < 4.78 is 10.5. The van der Waals surface area contributed by atoms with Crippen molar-refractivity contribution in [2.45, 2.75) is 0 Å². The van der Waals surface area contributed by atoms with E-state index in [9.17, 15) is 9.59 Å². The van der Waals surface area contributed by atoms with E-state index in [1.807, 2.05) is 0 Å². The van der Waals surface area contributed by atoms with Crippen LogP contribution in [-0.4, -0.2) is 5.97 Å². The Balaban J connectivity index is 1.89. The molecule has 0 saturated heterocycles. The zero-order chi connectivity index (χ0) is 14.8. The molecule has 1 heterocycles. The lowest BCUT2D eigenvalue weighted by Crippen LogP contribution is -2.08. The number of esters is 1. The molecule has 0 spiro atoms. The highest BCUT2D eigenvalue weighted by molar-refractivity contribution is 6.30. The molecule has 3 rings (SSSR count). The standard InChI is InChI=1S/C16H9ClO4/c17-11-3-1-10(2-4-11)16(19)21-12-5-6-13-14(18)7-8-20-15(13)9-12/h1-9H. The summed E-state index contributed by atoms with van der Waals surface area (Å²) >= 11 is 5.76. The van der Waals surface area contributed by atoms with E-state index < -0.39 is 5.97 Å². The molecule has 0 N–H and O–H groups in total. The lowest BCUT2D eigenvalue weighted by Gasteiger charge is -2.05. The maximum Gasteiger partial charge on any atom is 0.343 e. The Morgan fingerprint density at radius 3 is 2.57 bits per heavy atom. The summed E-state index contributed by atoms with van der Waals surface area (Å²) in [4.78, 5) is 23.6. The van der Waals surface area contributed by atoms with Crippen molar-refractivity contribution < 1.29 is 13.9 Å². The van der Waals surface area contributed by atoms with Crippen molar-refractivity contribution in [2.24, 2.45) is 0 Å². The van der Waals surface area contributed by atoms with Gasteiger partial charge in [0.05, 0.1) is 17.2 Å². The van der Waals surface area contributed by atoms with Crippen molar-refractivity contribution in [1.82, 2.24) is 0 Å². The topological polar surface area (TPSA) is 56.5 Å². The Bertz CT molecular complexity index is 865. The molecule has 104 valence electrons. The Morgan fingerprint density at radius 1 is 1.05 bits per heavy atom. The van der Waals surface area contributed by atoms with Crippen molar-refractivity contribution in [1.29, 1.82) is 0 Å². The quantitative estimate of drug-likeness (QED) is 0.535. The minimum Gasteiger partial charge on any atom is -0.464 e. The van der Waals surface area contributed by atoms with Gasteiger partial charge in [0, 0.05) is 17.2 Å². The molecule has 21 heavy (non-hydrogen) atoms. The van der Waals surface area contributed by atoms with E-state index in [1.54, 1.807) is 36.4 Å². The van der Waals surface area contributed by atoms with E-state index in [-0.39, 0.29) is 5.43 Å². The molecule has 0 atom stereocenters. The Hall–Kier alpha value is -2.59. The number of ether oxygens (including phenoxy) is 1. The lowest BCUT2D eigenvalue weighted by molar-refractivity contribution is 0.0735. The van der Waals surface area contributed by atoms with Gasteiger partial charge in [0.2, 0.25) is 0 Å². The summed E-state index contributed by atoms with van der Waals surface area (Å²) in [6.07, 6.45) is 1.30. The molecule has 0 bridgehead atoms. The predicted molar refractivity (Wildman–Crippen MR) is 78.9 cm³/mol. The van der Waals surface area contributed by atoms with Gasteiger partial charge in [0.25, 0.3) is 0 Å².